The van der Waals surface area contributed by atoms with Crippen molar-refractivity contribution in [2.45, 2.75) is 79.1 Å². The Morgan fingerprint density at radius 2 is 1.00 bits per heavy atom. The van der Waals surface area contributed by atoms with Gasteiger partial charge in [0.1, 0.15) is 11.0 Å². The average Bonchev–Trinajstić information content (AvgIpc) is 4.02. The van der Waals surface area contributed by atoms with Crippen molar-refractivity contribution in [3.63, 3.8) is 0 Å². The van der Waals surface area contributed by atoms with Gasteiger partial charge in [-0.15, -0.1) is 34.0 Å². The number of hydrogen-bond acceptors (Lipinski definition) is 5. The highest BCUT2D eigenvalue weighted by Crippen LogP contribution is 2.51. The maximum atomic E-state index is 5.81. The average molecular weight is 793 g/mol. The molecule has 0 radical (unpaired) electrons. The van der Waals surface area contributed by atoms with Gasteiger partial charge < -0.3 is 0 Å². The van der Waals surface area contributed by atoms with Gasteiger partial charge in [-0.05, 0) is 128 Å². The highest BCUT2D eigenvalue weighted by Gasteiger charge is 2.30. The quantitative estimate of drug-likeness (QED) is 0.178. The van der Waals surface area contributed by atoms with Crippen molar-refractivity contribution in [3.8, 4) is 54.5 Å². The third-order valence-corrected chi connectivity index (χ3v) is 17.0. The Balaban J connectivity index is 1.16. The molecular formula is C52H44N2S3. The summed E-state index contributed by atoms with van der Waals surface area (Å²) < 4.78 is 2.81. The van der Waals surface area contributed by atoms with E-state index in [1.807, 2.05) is 34.0 Å². The molecule has 0 N–H and O–H groups in total. The molecule has 4 heterocycles. The Hall–Kier alpha value is -4.94. The van der Waals surface area contributed by atoms with Crippen LogP contribution in [0.25, 0.3) is 85.7 Å². The largest absolute Gasteiger partial charge is 0.243 e. The Labute approximate surface area is 346 Å². The summed E-state index contributed by atoms with van der Waals surface area (Å²) in [6.07, 6.45) is 1.88. The molecule has 0 amide bonds. The van der Waals surface area contributed by atoms with Crippen LogP contribution in [-0.4, -0.2) is 9.97 Å². The monoisotopic (exact) mass is 792 g/mol. The highest BCUT2D eigenvalue weighted by molar-refractivity contribution is 7.31. The van der Waals surface area contributed by atoms with Crippen LogP contribution < -0.4 is 0 Å². The molecule has 0 atom stereocenters. The molecule has 0 spiro atoms. The van der Waals surface area contributed by atoms with Gasteiger partial charge in [-0.2, -0.15) is 0 Å². The number of nitrogens with zero attached hydrogens (tertiary/aromatic N) is 2. The lowest BCUT2D eigenvalue weighted by molar-refractivity contribution is 0.604. The zero-order chi connectivity index (χ0) is 39.1. The maximum Gasteiger partial charge on any atom is 0.109 e. The van der Waals surface area contributed by atoms with E-state index < -0.39 is 0 Å². The molecule has 2 aliphatic carbocycles. The van der Waals surface area contributed by atoms with Gasteiger partial charge in [-0.25, -0.2) is 9.97 Å². The first-order chi connectivity index (χ1) is 27.3. The summed E-state index contributed by atoms with van der Waals surface area (Å²) in [4.78, 5) is 16.8. The van der Waals surface area contributed by atoms with Gasteiger partial charge in [-0.1, -0.05) is 114 Å². The van der Waals surface area contributed by atoms with E-state index in [1.165, 1.54) is 95.3 Å². The van der Waals surface area contributed by atoms with Crippen LogP contribution in [0.3, 0.4) is 0 Å². The standard InChI is InChI=1S/C52H44N2S3/c1-27-28(2)40-26-42(51(3,4)5)56-48(40)47-39(27)25-41(55-47)49-45-46(50(57-49)52(6,7)8)54-44(32-18-20-38-34(24-32)22-30-14-10-12-16-36(30)38)43(53-45)31-17-19-37-33(23-31)21-29-13-9-11-15-35(29)37/h9-20,23-26H,21-22H2,1-8H3. The van der Waals surface area contributed by atoms with E-state index >= 15 is 0 Å². The second-order valence-corrected chi connectivity index (χ2v) is 21.4. The second-order valence-electron chi connectivity index (χ2n) is 18.2. The van der Waals surface area contributed by atoms with E-state index in [0.717, 1.165) is 46.4 Å². The molecule has 0 fully saturated rings. The fourth-order valence-electron chi connectivity index (χ4n) is 9.18. The van der Waals surface area contributed by atoms with Crippen LogP contribution in [0.1, 0.15) is 84.7 Å². The molecule has 0 aliphatic heterocycles. The van der Waals surface area contributed by atoms with E-state index in [0.29, 0.717) is 0 Å². The van der Waals surface area contributed by atoms with Crippen LogP contribution in [0.4, 0.5) is 0 Å². The lowest BCUT2D eigenvalue weighted by atomic mass is 9.93. The van der Waals surface area contributed by atoms with Gasteiger partial charge in [0.15, 0.2) is 0 Å². The van der Waals surface area contributed by atoms with Gasteiger partial charge in [0.2, 0.25) is 0 Å². The number of aromatic nitrogens is 2. The van der Waals surface area contributed by atoms with E-state index in [-0.39, 0.29) is 10.8 Å². The number of benzene rings is 5. The summed E-state index contributed by atoms with van der Waals surface area (Å²) in [6.45, 7) is 18.6. The Bertz CT molecular complexity index is 3170. The van der Waals surface area contributed by atoms with E-state index in [9.17, 15) is 0 Å². The van der Waals surface area contributed by atoms with E-state index in [4.69, 9.17) is 9.97 Å². The molecule has 57 heavy (non-hydrogen) atoms. The summed E-state index contributed by atoms with van der Waals surface area (Å²) in [7, 11) is 0. The molecule has 5 heteroatoms. The van der Waals surface area contributed by atoms with Crippen LogP contribution in [0.5, 0.6) is 0 Å². The number of hydrogen-bond donors (Lipinski definition) is 0. The first-order valence-corrected chi connectivity index (χ1v) is 22.5. The van der Waals surface area contributed by atoms with Gasteiger partial charge >= 0.3 is 0 Å². The summed E-state index contributed by atoms with van der Waals surface area (Å²) in [5.41, 5.74) is 19.8. The molecule has 0 saturated carbocycles. The van der Waals surface area contributed by atoms with Crippen molar-refractivity contribution in [3.05, 3.63) is 140 Å². The van der Waals surface area contributed by atoms with Gasteiger partial charge in [0, 0.05) is 25.8 Å². The molecule has 4 aromatic heterocycles. The van der Waals surface area contributed by atoms with Gasteiger partial charge in [0.05, 0.1) is 25.7 Å². The van der Waals surface area contributed by atoms with Gasteiger partial charge in [-0.3, -0.25) is 0 Å². The molecule has 280 valence electrons. The minimum absolute atomic E-state index is 0.106. The zero-order valence-electron chi connectivity index (χ0n) is 33.8. The Kier molecular flexibility index (Phi) is 7.59. The predicted molar refractivity (Wildman–Crippen MR) is 248 cm³/mol. The highest BCUT2D eigenvalue weighted by atomic mass is 32.1. The normalized spacial score (nSPS) is 13.5. The van der Waals surface area contributed by atoms with Crippen molar-refractivity contribution < 1.29 is 0 Å². The Morgan fingerprint density at radius 1 is 0.491 bits per heavy atom. The van der Waals surface area contributed by atoms with Crippen molar-refractivity contribution in [1.82, 2.24) is 9.97 Å². The minimum atomic E-state index is -0.112. The molecule has 5 aromatic carbocycles. The molecule has 11 rings (SSSR count). The lowest BCUT2D eigenvalue weighted by Gasteiger charge is -2.17. The zero-order valence-corrected chi connectivity index (χ0v) is 36.2. The summed E-state index contributed by atoms with van der Waals surface area (Å²) in [6, 6.07) is 36.5. The fraction of sp³-hybridized carbons (Fsp3) is 0.231. The summed E-state index contributed by atoms with van der Waals surface area (Å²) in [5.74, 6) is 0. The third kappa shape index (κ3) is 5.39. The van der Waals surface area contributed by atoms with E-state index in [1.54, 1.807) is 0 Å². The first kappa shape index (κ1) is 35.2. The SMILES string of the molecule is Cc1c(C)c2cc(C(C)(C)C)sc2c2sc(-c3sc(C(C)(C)C)c4nc(-c5ccc6c(c5)Cc5ccccc5-6)c(-c5ccc6c(c5)Cc5ccccc5-6)nc34)cc12. The number of fused-ring (bicyclic) bond motifs is 10. The van der Waals surface area contributed by atoms with Crippen molar-refractivity contribution in [2.24, 2.45) is 0 Å². The van der Waals surface area contributed by atoms with Crippen LogP contribution in [0.15, 0.2) is 97.1 Å². The maximum absolute atomic E-state index is 5.81. The predicted octanol–water partition coefficient (Wildman–Crippen LogP) is 15.5. The van der Waals surface area contributed by atoms with Crippen LogP contribution in [0.2, 0.25) is 0 Å². The topological polar surface area (TPSA) is 25.8 Å². The third-order valence-electron chi connectivity index (χ3n) is 12.3. The first-order valence-electron chi connectivity index (χ1n) is 20.1. The second kappa shape index (κ2) is 12.3. The Morgan fingerprint density at radius 3 is 1.56 bits per heavy atom. The van der Waals surface area contributed by atoms with Gasteiger partial charge in [0.25, 0.3) is 0 Å². The van der Waals surface area contributed by atoms with E-state index in [2.05, 4.69) is 152 Å². The molecule has 0 saturated heterocycles. The smallest absolute Gasteiger partial charge is 0.109 e. The number of aryl methyl sites for hydroxylation is 2. The lowest BCUT2D eigenvalue weighted by Crippen LogP contribution is -2.10. The van der Waals surface area contributed by atoms with Crippen LogP contribution >= 0.6 is 34.0 Å². The molecule has 2 nitrogen and oxygen atoms in total. The van der Waals surface area contributed by atoms with Crippen LogP contribution in [-0.2, 0) is 23.7 Å². The fourth-order valence-corrected chi connectivity index (χ4v) is 13.2. The number of rotatable bonds is 3. The molecule has 9 aromatic rings. The molecule has 0 bridgehead atoms. The summed E-state index contributed by atoms with van der Waals surface area (Å²) >= 11 is 5.80. The molecule has 2 aliphatic rings. The molecular weight excluding hydrogens is 749 g/mol. The van der Waals surface area contributed by atoms with Crippen molar-refractivity contribution in [2.75, 3.05) is 0 Å². The van der Waals surface area contributed by atoms with Crippen molar-refractivity contribution >= 4 is 65.2 Å². The van der Waals surface area contributed by atoms with Crippen molar-refractivity contribution in [1.29, 1.82) is 0 Å². The minimum Gasteiger partial charge on any atom is -0.243 e. The molecule has 0 unspecified atom stereocenters. The number of thiophene rings is 3. The summed E-state index contributed by atoms with van der Waals surface area (Å²) in [5, 5.41) is 2.76. The van der Waals surface area contributed by atoms with Crippen LogP contribution in [0, 0.1) is 13.8 Å².